The molecule has 5 heteroatoms. The highest BCUT2D eigenvalue weighted by atomic mass is 35.5. The molecule has 0 bridgehead atoms. The highest BCUT2D eigenvalue weighted by molar-refractivity contribution is 6.33. The zero-order valence-electron chi connectivity index (χ0n) is 8.83. The highest BCUT2D eigenvalue weighted by Crippen LogP contribution is 2.33. The fourth-order valence-corrected chi connectivity index (χ4v) is 1.82. The molecule has 0 fully saturated rings. The number of aryl methyl sites for hydroxylation is 1. The summed E-state index contributed by atoms with van der Waals surface area (Å²) < 4.78 is 14.2. The third-order valence-electron chi connectivity index (χ3n) is 2.43. The molecule has 0 saturated carbocycles. The first kappa shape index (κ1) is 11.0. The van der Waals surface area contributed by atoms with Crippen LogP contribution in [-0.2, 0) is 7.05 Å². The van der Waals surface area contributed by atoms with Gasteiger partial charge in [-0.05, 0) is 25.1 Å². The summed E-state index contributed by atoms with van der Waals surface area (Å²) in [6, 6.07) is 4.08. The lowest BCUT2D eigenvalue weighted by atomic mass is 10.1. The van der Waals surface area contributed by atoms with Crippen LogP contribution in [0.4, 0.5) is 4.39 Å². The SMILES string of the molecule is Cc1c(-c2ccc(F)cc2Cl)nn(C)c1O. The van der Waals surface area contributed by atoms with Crippen LogP contribution < -0.4 is 0 Å². The predicted octanol–water partition coefficient (Wildman–Crippen LogP) is 2.89. The maximum Gasteiger partial charge on any atom is 0.212 e. The highest BCUT2D eigenvalue weighted by Gasteiger charge is 2.15. The summed E-state index contributed by atoms with van der Waals surface area (Å²) in [4.78, 5) is 0. The molecule has 0 aliphatic carbocycles. The van der Waals surface area contributed by atoms with Crippen molar-refractivity contribution in [3.05, 3.63) is 34.6 Å². The van der Waals surface area contributed by atoms with E-state index in [0.29, 0.717) is 16.8 Å². The molecule has 3 nitrogen and oxygen atoms in total. The van der Waals surface area contributed by atoms with Crippen LogP contribution in [0.25, 0.3) is 11.3 Å². The van der Waals surface area contributed by atoms with Gasteiger partial charge in [0.25, 0.3) is 0 Å². The minimum absolute atomic E-state index is 0.0791. The number of aromatic nitrogens is 2. The lowest BCUT2D eigenvalue weighted by molar-refractivity contribution is 0.416. The second-order valence-corrected chi connectivity index (χ2v) is 3.95. The van der Waals surface area contributed by atoms with Gasteiger partial charge in [0.1, 0.15) is 11.5 Å². The van der Waals surface area contributed by atoms with Crippen LogP contribution >= 0.6 is 11.6 Å². The normalized spacial score (nSPS) is 10.8. The molecule has 2 rings (SSSR count). The Labute approximate surface area is 97.1 Å². The molecule has 0 aliphatic rings. The summed E-state index contributed by atoms with van der Waals surface area (Å²) in [6.07, 6.45) is 0. The minimum Gasteiger partial charge on any atom is -0.493 e. The summed E-state index contributed by atoms with van der Waals surface area (Å²) in [5.41, 5.74) is 1.79. The third-order valence-corrected chi connectivity index (χ3v) is 2.75. The molecular weight excluding hydrogens is 231 g/mol. The number of nitrogens with zero attached hydrogens (tertiary/aromatic N) is 2. The van der Waals surface area contributed by atoms with E-state index in [1.165, 1.54) is 16.8 Å². The van der Waals surface area contributed by atoms with Crippen molar-refractivity contribution in [3.8, 4) is 17.1 Å². The molecule has 1 aromatic heterocycles. The summed E-state index contributed by atoms with van der Waals surface area (Å²) >= 11 is 5.93. The van der Waals surface area contributed by atoms with Crippen molar-refractivity contribution in [3.63, 3.8) is 0 Å². The Kier molecular flexibility index (Phi) is 2.59. The van der Waals surface area contributed by atoms with Gasteiger partial charge in [-0.1, -0.05) is 11.6 Å². The fourth-order valence-electron chi connectivity index (χ4n) is 1.56. The molecule has 16 heavy (non-hydrogen) atoms. The molecule has 84 valence electrons. The van der Waals surface area contributed by atoms with Gasteiger partial charge in [0.05, 0.1) is 5.02 Å². The molecular formula is C11H10ClFN2O. The van der Waals surface area contributed by atoms with Crippen LogP contribution in [-0.4, -0.2) is 14.9 Å². The molecule has 0 spiro atoms. The molecule has 0 aliphatic heterocycles. The van der Waals surface area contributed by atoms with E-state index in [-0.39, 0.29) is 10.9 Å². The zero-order chi connectivity index (χ0) is 11.9. The summed E-state index contributed by atoms with van der Waals surface area (Å²) in [7, 11) is 1.63. The van der Waals surface area contributed by atoms with Crippen LogP contribution in [0.5, 0.6) is 5.88 Å². The van der Waals surface area contributed by atoms with Gasteiger partial charge in [-0.3, -0.25) is 0 Å². The van der Waals surface area contributed by atoms with Gasteiger partial charge in [-0.25, -0.2) is 9.07 Å². The van der Waals surface area contributed by atoms with Crippen LogP contribution in [0.1, 0.15) is 5.56 Å². The van der Waals surface area contributed by atoms with E-state index < -0.39 is 5.82 Å². The van der Waals surface area contributed by atoms with Gasteiger partial charge >= 0.3 is 0 Å². The average Bonchev–Trinajstić information content (AvgIpc) is 2.46. The molecule has 0 atom stereocenters. The molecule has 2 aromatic rings. The summed E-state index contributed by atoms with van der Waals surface area (Å²) in [6.45, 7) is 1.73. The Bertz CT molecular complexity index is 551. The largest absolute Gasteiger partial charge is 0.493 e. The lowest BCUT2D eigenvalue weighted by Crippen LogP contribution is -1.89. The molecule has 0 amide bonds. The van der Waals surface area contributed by atoms with Crippen molar-refractivity contribution in [1.82, 2.24) is 9.78 Å². The van der Waals surface area contributed by atoms with E-state index in [0.717, 1.165) is 0 Å². The first-order valence-electron chi connectivity index (χ1n) is 4.68. The van der Waals surface area contributed by atoms with Crippen molar-refractivity contribution < 1.29 is 9.50 Å². The Hall–Kier alpha value is -1.55. The quantitative estimate of drug-likeness (QED) is 0.832. The van der Waals surface area contributed by atoms with E-state index in [9.17, 15) is 9.50 Å². The molecule has 0 radical (unpaired) electrons. The summed E-state index contributed by atoms with van der Waals surface area (Å²) in [5, 5.41) is 14.0. The van der Waals surface area contributed by atoms with Crippen molar-refractivity contribution in [2.75, 3.05) is 0 Å². The number of rotatable bonds is 1. The molecule has 1 aromatic carbocycles. The number of hydrogen-bond acceptors (Lipinski definition) is 2. The first-order chi connectivity index (χ1) is 7.50. The second-order valence-electron chi connectivity index (χ2n) is 3.54. The van der Waals surface area contributed by atoms with Gasteiger partial charge in [0.2, 0.25) is 5.88 Å². The van der Waals surface area contributed by atoms with Gasteiger partial charge in [0.15, 0.2) is 0 Å². The molecule has 1 N–H and O–H groups in total. The molecule has 0 unspecified atom stereocenters. The number of aromatic hydroxyl groups is 1. The maximum atomic E-state index is 12.9. The number of halogens is 2. The smallest absolute Gasteiger partial charge is 0.212 e. The van der Waals surface area contributed by atoms with Crippen LogP contribution in [0.3, 0.4) is 0 Å². The number of hydrogen-bond donors (Lipinski definition) is 1. The topological polar surface area (TPSA) is 38.0 Å². The Balaban J connectivity index is 2.63. The van der Waals surface area contributed by atoms with Crippen molar-refractivity contribution in [2.24, 2.45) is 7.05 Å². The lowest BCUT2D eigenvalue weighted by Gasteiger charge is -2.01. The van der Waals surface area contributed by atoms with E-state index in [2.05, 4.69) is 5.10 Å². The standard InChI is InChI=1S/C11H10ClFN2O/c1-6-10(14-15(2)11(6)16)8-4-3-7(13)5-9(8)12/h3-5,16H,1-2H3. The summed E-state index contributed by atoms with van der Waals surface area (Å²) in [5.74, 6) is -0.318. The van der Waals surface area contributed by atoms with Crippen molar-refractivity contribution >= 4 is 11.6 Å². The Morgan fingerprint density at radius 3 is 2.62 bits per heavy atom. The van der Waals surface area contributed by atoms with E-state index >= 15 is 0 Å². The van der Waals surface area contributed by atoms with Crippen LogP contribution in [0.2, 0.25) is 5.02 Å². The van der Waals surface area contributed by atoms with Gasteiger partial charge in [0, 0.05) is 18.2 Å². The van der Waals surface area contributed by atoms with Gasteiger partial charge in [-0.2, -0.15) is 5.10 Å². The Morgan fingerprint density at radius 2 is 2.12 bits per heavy atom. The third kappa shape index (κ3) is 1.65. The van der Waals surface area contributed by atoms with Crippen molar-refractivity contribution in [1.29, 1.82) is 0 Å². The fraction of sp³-hybridized carbons (Fsp3) is 0.182. The monoisotopic (exact) mass is 240 g/mol. The maximum absolute atomic E-state index is 12.9. The minimum atomic E-state index is -0.397. The van der Waals surface area contributed by atoms with Crippen LogP contribution in [0, 0.1) is 12.7 Å². The molecule has 1 heterocycles. The number of benzene rings is 1. The first-order valence-corrected chi connectivity index (χ1v) is 5.06. The van der Waals surface area contributed by atoms with E-state index in [4.69, 9.17) is 11.6 Å². The average molecular weight is 241 g/mol. The van der Waals surface area contributed by atoms with Crippen molar-refractivity contribution in [2.45, 2.75) is 6.92 Å². The second kappa shape index (κ2) is 3.79. The van der Waals surface area contributed by atoms with Gasteiger partial charge in [-0.15, -0.1) is 0 Å². The Morgan fingerprint density at radius 1 is 1.44 bits per heavy atom. The van der Waals surface area contributed by atoms with E-state index in [1.54, 1.807) is 20.0 Å². The van der Waals surface area contributed by atoms with E-state index in [1.807, 2.05) is 0 Å². The van der Waals surface area contributed by atoms with Gasteiger partial charge < -0.3 is 5.11 Å². The molecule has 0 saturated heterocycles. The predicted molar refractivity (Wildman–Crippen MR) is 60.0 cm³/mol. The zero-order valence-corrected chi connectivity index (χ0v) is 9.59. The van der Waals surface area contributed by atoms with Crippen LogP contribution in [0.15, 0.2) is 18.2 Å².